The molecule has 1 fully saturated rings. The lowest BCUT2D eigenvalue weighted by molar-refractivity contribution is 0.0732. The molecular weight excluding hydrogens is 402 g/mol. The molecule has 1 aliphatic rings. The summed E-state index contributed by atoms with van der Waals surface area (Å²) >= 11 is 0. The lowest BCUT2D eigenvalue weighted by Crippen LogP contribution is -2.33. The number of anilines is 1. The van der Waals surface area contributed by atoms with Gasteiger partial charge in [-0.05, 0) is 44.7 Å². The van der Waals surface area contributed by atoms with Gasteiger partial charge in [0.2, 0.25) is 5.88 Å². The van der Waals surface area contributed by atoms with Gasteiger partial charge in [0.05, 0.1) is 24.8 Å². The molecule has 1 heterocycles. The van der Waals surface area contributed by atoms with Gasteiger partial charge >= 0.3 is 0 Å². The van der Waals surface area contributed by atoms with Crippen LogP contribution in [-0.4, -0.2) is 42.7 Å². The first-order valence-electron chi connectivity index (χ1n) is 11.4. The van der Waals surface area contributed by atoms with Gasteiger partial charge in [-0.2, -0.15) is 0 Å². The summed E-state index contributed by atoms with van der Waals surface area (Å²) in [5.74, 6) is 1.85. The van der Waals surface area contributed by atoms with Gasteiger partial charge in [0, 0.05) is 25.2 Å². The molecule has 6 nitrogen and oxygen atoms in total. The van der Waals surface area contributed by atoms with Crippen LogP contribution in [0.5, 0.6) is 5.75 Å². The maximum absolute atomic E-state index is 13.7. The molecule has 1 amide bonds. The number of nitrogens with zero attached hydrogens (tertiary/aromatic N) is 3. The van der Waals surface area contributed by atoms with Crippen LogP contribution in [0.4, 0.5) is 5.88 Å². The van der Waals surface area contributed by atoms with Crippen LogP contribution in [0.1, 0.15) is 42.6 Å². The Bertz CT molecular complexity index is 1040. The van der Waals surface area contributed by atoms with Crippen LogP contribution >= 0.6 is 0 Å². The van der Waals surface area contributed by atoms with Gasteiger partial charge in [-0.3, -0.25) is 4.79 Å². The van der Waals surface area contributed by atoms with Crippen molar-refractivity contribution in [1.29, 1.82) is 0 Å². The molecule has 3 aromatic rings. The predicted molar refractivity (Wildman–Crippen MR) is 126 cm³/mol. The zero-order valence-corrected chi connectivity index (χ0v) is 19.1. The molecule has 6 heteroatoms. The van der Waals surface area contributed by atoms with Gasteiger partial charge in [-0.1, -0.05) is 47.6 Å². The first kappa shape index (κ1) is 21.9. The Balaban J connectivity index is 1.74. The minimum atomic E-state index is -0.0277. The number of carbonyl (C=O) groups is 1. The Morgan fingerprint density at radius 2 is 1.75 bits per heavy atom. The number of para-hydroxylation sites is 1. The smallest absolute Gasteiger partial charge is 0.257 e. The van der Waals surface area contributed by atoms with E-state index in [1.54, 1.807) is 7.11 Å². The normalized spacial score (nSPS) is 13.1. The maximum Gasteiger partial charge on any atom is 0.257 e. The molecule has 1 saturated carbocycles. The summed E-state index contributed by atoms with van der Waals surface area (Å²) in [5.41, 5.74) is 3.31. The molecule has 0 bridgehead atoms. The highest BCUT2D eigenvalue weighted by Gasteiger charge is 2.31. The molecule has 0 spiro atoms. The summed E-state index contributed by atoms with van der Waals surface area (Å²) in [5, 5.41) is 4.44. The van der Waals surface area contributed by atoms with Crippen molar-refractivity contribution in [2.45, 2.75) is 33.2 Å². The zero-order valence-electron chi connectivity index (χ0n) is 19.1. The van der Waals surface area contributed by atoms with Crippen LogP contribution < -0.4 is 9.64 Å². The van der Waals surface area contributed by atoms with Crippen LogP contribution in [0.25, 0.3) is 11.3 Å². The highest BCUT2D eigenvalue weighted by atomic mass is 16.5. The lowest BCUT2D eigenvalue weighted by atomic mass is 10.1. The predicted octanol–water partition coefficient (Wildman–Crippen LogP) is 5.25. The highest BCUT2D eigenvalue weighted by Crippen LogP contribution is 2.36. The molecule has 4 rings (SSSR count). The van der Waals surface area contributed by atoms with Gasteiger partial charge in [0.15, 0.2) is 0 Å². The number of carbonyl (C=O) groups excluding carboxylic acids is 1. The molecule has 0 N–H and O–H groups in total. The van der Waals surface area contributed by atoms with Crippen molar-refractivity contribution < 1.29 is 14.1 Å². The second-order valence-electron chi connectivity index (χ2n) is 8.18. The standard InChI is InChI=1S/C26H31N3O3/c1-4-28(5-2)26-22(24(27-32-26)20-11-7-6-8-12-20)18-29(17-19-15-16-19)25(30)21-13-9-10-14-23(21)31-3/h6-14,19H,4-5,15-18H2,1-3H3. The minimum absolute atomic E-state index is 0.0277. The number of hydrogen-bond acceptors (Lipinski definition) is 5. The van der Waals surface area contributed by atoms with Gasteiger partial charge in [-0.15, -0.1) is 0 Å². The van der Waals surface area contributed by atoms with E-state index in [1.165, 1.54) is 0 Å². The third kappa shape index (κ3) is 4.64. The van der Waals surface area contributed by atoms with Crippen molar-refractivity contribution in [2.24, 2.45) is 5.92 Å². The van der Waals surface area contributed by atoms with Gasteiger partial charge < -0.3 is 19.1 Å². The summed E-state index contributed by atoms with van der Waals surface area (Å²) < 4.78 is 11.3. The Kier molecular flexibility index (Phi) is 6.78. The number of ether oxygens (including phenoxy) is 1. The molecular formula is C26H31N3O3. The third-order valence-corrected chi connectivity index (χ3v) is 6.01. The maximum atomic E-state index is 13.7. The number of methoxy groups -OCH3 is 1. The Morgan fingerprint density at radius 3 is 2.41 bits per heavy atom. The molecule has 0 saturated heterocycles. The summed E-state index contributed by atoms with van der Waals surface area (Å²) in [7, 11) is 1.60. The van der Waals surface area contributed by atoms with E-state index in [-0.39, 0.29) is 5.91 Å². The largest absolute Gasteiger partial charge is 0.496 e. The highest BCUT2D eigenvalue weighted by molar-refractivity contribution is 5.97. The summed E-state index contributed by atoms with van der Waals surface area (Å²) in [4.78, 5) is 17.7. The average molecular weight is 434 g/mol. The first-order valence-corrected chi connectivity index (χ1v) is 11.4. The van der Waals surface area contributed by atoms with E-state index in [0.717, 1.165) is 48.6 Å². The number of hydrogen-bond donors (Lipinski definition) is 0. The van der Waals surface area contributed by atoms with Crippen LogP contribution in [0, 0.1) is 5.92 Å². The van der Waals surface area contributed by atoms with Crippen molar-refractivity contribution in [3.05, 3.63) is 65.7 Å². The SMILES string of the molecule is CCN(CC)c1onc(-c2ccccc2)c1CN(CC1CC1)C(=O)c1ccccc1OC. The van der Waals surface area contributed by atoms with Crippen molar-refractivity contribution in [2.75, 3.05) is 31.6 Å². The zero-order chi connectivity index (χ0) is 22.5. The topological polar surface area (TPSA) is 58.8 Å². The number of amides is 1. The first-order chi connectivity index (χ1) is 15.7. The van der Waals surface area contributed by atoms with Crippen LogP contribution in [-0.2, 0) is 6.54 Å². The lowest BCUT2D eigenvalue weighted by Gasteiger charge is -2.25. The van der Waals surface area contributed by atoms with Crippen LogP contribution in [0.2, 0.25) is 0 Å². The van der Waals surface area contributed by atoms with Gasteiger partial charge in [0.25, 0.3) is 5.91 Å². The second-order valence-corrected chi connectivity index (χ2v) is 8.18. The summed E-state index contributed by atoms with van der Waals surface area (Å²) in [6.07, 6.45) is 2.32. The van der Waals surface area contributed by atoms with E-state index < -0.39 is 0 Å². The van der Waals surface area contributed by atoms with E-state index in [0.29, 0.717) is 30.3 Å². The van der Waals surface area contributed by atoms with Crippen LogP contribution in [0.3, 0.4) is 0 Å². The van der Waals surface area contributed by atoms with Gasteiger partial charge in [0.1, 0.15) is 11.4 Å². The van der Waals surface area contributed by atoms with E-state index >= 15 is 0 Å². The second kappa shape index (κ2) is 9.90. The van der Waals surface area contributed by atoms with Gasteiger partial charge in [-0.25, -0.2) is 0 Å². The molecule has 0 radical (unpaired) electrons. The Hall–Kier alpha value is -3.28. The Morgan fingerprint density at radius 1 is 1.06 bits per heavy atom. The fraction of sp³-hybridized carbons (Fsp3) is 0.385. The van der Waals surface area contributed by atoms with Crippen molar-refractivity contribution >= 4 is 11.8 Å². The number of rotatable bonds is 10. The molecule has 0 atom stereocenters. The van der Waals surface area contributed by atoms with Crippen molar-refractivity contribution in [3.63, 3.8) is 0 Å². The summed E-state index contributed by atoms with van der Waals surface area (Å²) in [6, 6.07) is 17.4. The van der Waals surface area contributed by atoms with Crippen molar-refractivity contribution in [3.8, 4) is 17.0 Å². The summed E-state index contributed by atoms with van der Waals surface area (Å²) in [6.45, 7) is 6.95. The molecule has 1 aliphatic carbocycles. The molecule has 32 heavy (non-hydrogen) atoms. The Labute approximate surface area is 189 Å². The molecule has 0 unspecified atom stereocenters. The third-order valence-electron chi connectivity index (χ3n) is 6.01. The van der Waals surface area contributed by atoms with E-state index in [9.17, 15) is 4.79 Å². The molecule has 168 valence electrons. The number of benzene rings is 2. The minimum Gasteiger partial charge on any atom is -0.496 e. The fourth-order valence-corrected chi connectivity index (χ4v) is 4.04. The quantitative estimate of drug-likeness (QED) is 0.437. The van der Waals surface area contributed by atoms with Crippen LogP contribution in [0.15, 0.2) is 59.1 Å². The van der Waals surface area contributed by atoms with E-state index in [2.05, 4.69) is 23.9 Å². The van der Waals surface area contributed by atoms with Crippen molar-refractivity contribution in [1.82, 2.24) is 10.1 Å². The monoisotopic (exact) mass is 433 g/mol. The molecule has 2 aromatic carbocycles. The number of aromatic nitrogens is 1. The molecule has 1 aromatic heterocycles. The van der Waals surface area contributed by atoms with E-state index in [1.807, 2.05) is 59.5 Å². The van der Waals surface area contributed by atoms with E-state index in [4.69, 9.17) is 9.26 Å². The average Bonchev–Trinajstić information content (AvgIpc) is 3.57. The molecule has 0 aliphatic heterocycles. The fourth-order valence-electron chi connectivity index (χ4n) is 4.04.